The van der Waals surface area contributed by atoms with Crippen molar-refractivity contribution < 1.29 is 14.3 Å². The minimum absolute atomic E-state index is 0.185. The number of nitrogens with zero attached hydrogens (tertiary/aromatic N) is 3. The second kappa shape index (κ2) is 9.36. The Hall–Kier alpha value is -3.45. The Balaban J connectivity index is 1.78. The van der Waals surface area contributed by atoms with Gasteiger partial charge in [0, 0.05) is 18.4 Å². The number of rotatable bonds is 7. The molecule has 1 aliphatic rings. The number of ether oxygens (including phenoxy) is 2. The molecule has 4 rings (SSSR count). The number of allylic oxidation sites excluding steroid dienone is 1. The van der Waals surface area contributed by atoms with Crippen LogP contribution in [0.3, 0.4) is 0 Å². The molecule has 0 fully saturated rings. The topological polar surface area (TPSA) is 78.3 Å². The van der Waals surface area contributed by atoms with Crippen molar-refractivity contribution in [1.82, 2.24) is 14.8 Å². The third-order valence-electron chi connectivity index (χ3n) is 5.54. The van der Waals surface area contributed by atoms with Crippen LogP contribution in [0.4, 0.5) is 5.95 Å². The SMILES string of the molecule is COCCOC(=O)C1=C(C)Nc2nc(-c3ccccc3)nn2C1c1ccc(C(C)C)cc1. The molecule has 166 valence electrons. The average Bonchev–Trinajstić information content (AvgIpc) is 3.22. The lowest BCUT2D eigenvalue weighted by Crippen LogP contribution is -2.30. The largest absolute Gasteiger partial charge is 0.460 e. The Morgan fingerprint density at radius 3 is 2.47 bits per heavy atom. The van der Waals surface area contributed by atoms with Gasteiger partial charge in [-0.25, -0.2) is 9.48 Å². The molecule has 7 nitrogen and oxygen atoms in total. The summed E-state index contributed by atoms with van der Waals surface area (Å²) >= 11 is 0. The van der Waals surface area contributed by atoms with Gasteiger partial charge in [0.1, 0.15) is 12.6 Å². The molecule has 0 saturated carbocycles. The van der Waals surface area contributed by atoms with E-state index in [-0.39, 0.29) is 6.61 Å². The standard InChI is InChI=1S/C25H28N4O3/c1-16(2)18-10-12-19(13-11-18)22-21(24(30)32-15-14-31-4)17(3)26-25-27-23(28-29(22)25)20-8-6-5-7-9-20/h5-13,16,22H,14-15H2,1-4H3,(H,26,27,28). The fraction of sp³-hybridized carbons (Fsp3) is 0.320. The van der Waals surface area contributed by atoms with Crippen LogP contribution in [0, 0.1) is 0 Å². The number of aromatic nitrogens is 3. The molecule has 0 spiro atoms. The smallest absolute Gasteiger partial charge is 0.338 e. The molecular weight excluding hydrogens is 404 g/mol. The zero-order valence-electron chi connectivity index (χ0n) is 18.8. The highest BCUT2D eigenvalue weighted by atomic mass is 16.6. The summed E-state index contributed by atoms with van der Waals surface area (Å²) in [5.41, 5.74) is 4.29. The number of carbonyl (C=O) groups is 1. The van der Waals surface area contributed by atoms with Crippen LogP contribution in [-0.2, 0) is 14.3 Å². The summed E-state index contributed by atoms with van der Waals surface area (Å²) in [5.74, 6) is 1.21. The Morgan fingerprint density at radius 2 is 1.81 bits per heavy atom. The van der Waals surface area contributed by atoms with E-state index in [1.165, 1.54) is 5.56 Å². The first-order valence-electron chi connectivity index (χ1n) is 10.7. The number of esters is 1. The highest BCUT2D eigenvalue weighted by Gasteiger charge is 2.35. The Labute approximate surface area is 188 Å². The molecule has 1 aromatic heterocycles. The van der Waals surface area contributed by atoms with E-state index in [1.54, 1.807) is 11.8 Å². The highest BCUT2D eigenvalue weighted by Crippen LogP contribution is 2.37. The minimum atomic E-state index is -0.451. The van der Waals surface area contributed by atoms with Crippen LogP contribution in [0.15, 0.2) is 65.9 Å². The maximum absolute atomic E-state index is 13.1. The zero-order chi connectivity index (χ0) is 22.7. The van der Waals surface area contributed by atoms with Gasteiger partial charge < -0.3 is 14.8 Å². The normalized spacial score (nSPS) is 15.5. The molecule has 0 amide bonds. The Bertz CT molecular complexity index is 1120. The first-order chi connectivity index (χ1) is 15.5. The lowest BCUT2D eigenvalue weighted by atomic mass is 9.93. The Morgan fingerprint density at radius 1 is 1.09 bits per heavy atom. The number of hydrogen-bond donors (Lipinski definition) is 1. The van der Waals surface area contributed by atoms with Gasteiger partial charge in [-0.1, -0.05) is 68.4 Å². The fourth-order valence-corrected chi connectivity index (χ4v) is 3.79. The monoisotopic (exact) mass is 432 g/mol. The molecule has 0 aliphatic carbocycles. The number of hydrogen-bond acceptors (Lipinski definition) is 6. The van der Waals surface area contributed by atoms with Crippen LogP contribution in [0.25, 0.3) is 11.4 Å². The van der Waals surface area contributed by atoms with E-state index < -0.39 is 12.0 Å². The number of methoxy groups -OCH3 is 1. The summed E-state index contributed by atoms with van der Waals surface area (Å²) in [6, 6.07) is 17.6. The maximum Gasteiger partial charge on any atom is 0.338 e. The molecule has 1 aliphatic heterocycles. The summed E-state index contributed by atoms with van der Waals surface area (Å²) in [6.45, 7) is 6.70. The summed E-state index contributed by atoms with van der Waals surface area (Å²) in [7, 11) is 1.58. The van der Waals surface area contributed by atoms with Gasteiger partial charge in [-0.3, -0.25) is 0 Å². The minimum Gasteiger partial charge on any atom is -0.460 e. The third-order valence-corrected chi connectivity index (χ3v) is 5.54. The van der Waals surface area contributed by atoms with E-state index in [2.05, 4.69) is 43.4 Å². The predicted molar refractivity (Wildman–Crippen MR) is 123 cm³/mol. The van der Waals surface area contributed by atoms with Gasteiger partial charge in [-0.15, -0.1) is 5.10 Å². The van der Waals surface area contributed by atoms with E-state index in [4.69, 9.17) is 19.6 Å². The predicted octanol–water partition coefficient (Wildman–Crippen LogP) is 4.55. The highest BCUT2D eigenvalue weighted by molar-refractivity contribution is 5.92. The van der Waals surface area contributed by atoms with Crippen molar-refractivity contribution in [3.63, 3.8) is 0 Å². The van der Waals surface area contributed by atoms with E-state index in [9.17, 15) is 4.79 Å². The Kier molecular flexibility index (Phi) is 6.37. The second-order valence-electron chi connectivity index (χ2n) is 8.09. The van der Waals surface area contributed by atoms with Crippen LogP contribution >= 0.6 is 0 Å². The van der Waals surface area contributed by atoms with Gasteiger partial charge in [0.25, 0.3) is 0 Å². The molecule has 32 heavy (non-hydrogen) atoms. The first kappa shape index (κ1) is 21.8. The van der Waals surface area contributed by atoms with Crippen LogP contribution in [0.5, 0.6) is 0 Å². The number of fused-ring (bicyclic) bond motifs is 1. The summed E-state index contributed by atoms with van der Waals surface area (Å²) in [4.78, 5) is 17.8. The average molecular weight is 433 g/mol. The van der Waals surface area contributed by atoms with E-state index in [0.717, 1.165) is 11.1 Å². The first-order valence-corrected chi connectivity index (χ1v) is 10.7. The van der Waals surface area contributed by atoms with Crippen molar-refractivity contribution >= 4 is 11.9 Å². The number of carbonyl (C=O) groups excluding carboxylic acids is 1. The molecule has 0 radical (unpaired) electrons. The maximum atomic E-state index is 13.1. The number of benzene rings is 2. The molecule has 1 N–H and O–H groups in total. The van der Waals surface area contributed by atoms with Gasteiger partial charge in [0.2, 0.25) is 5.95 Å². The molecule has 1 unspecified atom stereocenters. The van der Waals surface area contributed by atoms with Crippen LogP contribution < -0.4 is 5.32 Å². The van der Waals surface area contributed by atoms with Gasteiger partial charge in [0.15, 0.2) is 5.82 Å². The van der Waals surface area contributed by atoms with Crippen LogP contribution in [0.2, 0.25) is 0 Å². The number of anilines is 1. The molecule has 2 heterocycles. The molecular formula is C25H28N4O3. The molecule has 0 saturated heterocycles. The van der Waals surface area contributed by atoms with Crippen molar-refractivity contribution in [3.8, 4) is 11.4 Å². The molecule has 1 atom stereocenters. The molecule has 2 aromatic carbocycles. The van der Waals surface area contributed by atoms with E-state index >= 15 is 0 Å². The molecule has 0 bridgehead atoms. The number of nitrogens with one attached hydrogen (secondary N) is 1. The van der Waals surface area contributed by atoms with E-state index in [1.807, 2.05) is 37.3 Å². The van der Waals surface area contributed by atoms with Crippen LogP contribution in [-0.4, -0.2) is 41.1 Å². The van der Waals surface area contributed by atoms with Gasteiger partial charge in [-0.05, 0) is 24.0 Å². The van der Waals surface area contributed by atoms with Gasteiger partial charge >= 0.3 is 5.97 Å². The molecule has 7 heteroatoms. The quantitative estimate of drug-likeness (QED) is 0.436. The third kappa shape index (κ3) is 4.29. The lowest BCUT2D eigenvalue weighted by molar-refractivity contribution is -0.140. The van der Waals surface area contributed by atoms with Gasteiger partial charge in [0.05, 0.1) is 12.2 Å². The van der Waals surface area contributed by atoms with Crippen molar-refractivity contribution in [3.05, 3.63) is 77.0 Å². The van der Waals surface area contributed by atoms with Crippen LogP contribution in [0.1, 0.15) is 43.9 Å². The summed E-state index contributed by atoms with van der Waals surface area (Å²) in [6.07, 6.45) is 0. The van der Waals surface area contributed by atoms with Crippen molar-refractivity contribution in [2.45, 2.75) is 32.7 Å². The van der Waals surface area contributed by atoms with Crippen molar-refractivity contribution in [1.29, 1.82) is 0 Å². The van der Waals surface area contributed by atoms with Crippen molar-refractivity contribution in [2.75, 3.05) is 25.6 Å². The fourth-order valence-electron chi connectivity index (χ4n) is 3.79. The van der Waals surface area contributed by atoms with E-state index in [0.29, 0.717) is 35.6 Å². The lowest BCUT2D eigenvalue weighted by Gasteiger charge is -2.28. The molecule has 3 aromatic rings. The second-order valence-corrected chi connectivity index (χ2v) is 8.09. The summed E-state index contributed by atoms with van der Waals surface area (Å²) < 4.78 is 12.3. The zero-order valence-corrected chi connectivity index (χ0v) is 18.8. The van der Waals surface area contributed by atoms with Crippen molar-refractivity contribution in [2.24, 2.45) is 0 Å². The van der Waals surface area contributed by atoms with Gasteiger partial charge in [-0.2, -0.15) is 4.98 Å². The summed E-state index contributed by atoms with van der Waals surface area (Å²) in [5, 5.41) is 8.01.